The first-order valence-electron chi connectivity index (χ1n) is 8.65. The van der Waals surface area contributed by atoms with E-state index in [4.69, 9.17) is 4.74 Å². The fourth-order valence-corrected chi connectivity index (χ4v) is 4.07. The van der Waals surface area contributed by atoms with Gasteiger partial charge < -0.3 is 25.2 Å². The van der Waals surface area contributed by atoms with Crippen LogP contribution in [-0.2, 0) is 4.79 Å². The summed E-state index contributed by atoms with van der Waals surface area (Å²) in [7, 11) is 5.69. The fourth-order valence-electron chi connectivity index (χ4n) is 2.95. The molecule has 0 fully saturated rings. The molecule has 1 atom stereocenters. The molecule has 0 aliphatic carbocycles. The highest BCUT2D eigenvalue weighted by molar-refractivity contribution is 7.10. The topological polar surface area (TPSA) is 73.9 Å². The third-order valence-corrected chi connectivity index (χ3v) is 5.71. The summed E-state index contributed by atoms with van der Waals surface area (Å²) in [4.78, 5) is 29.0. The molecule has 1 aliphatic heterocycles. The number of likely N-dealkylation sites (N-methyl/N-ethyl adjacent to an activating group) is 2. The Morgan fingerprint density at radius 2 is 2.15 bits per heavy atom. The van der Waals surface area contributed by atoms with Crippen LogP contribution in [0, 0.1) is 6.92 Å². The van der Waals surface area contributed by atoms with Gasteiger partial charge in [0.05, 0.1) is 11.7 Å². The Morgan fingerprint density at radius 3 is 2.81 bits per heavy atom. The molecule has 2 heterocycles. The number of ether oxygens (including phenoxy) is 1. The third kappa shape index (κ3) is 4.23. The molecule has 1 aromatic carbocycles. The molecule has 0 saturated carbocycles. The minimum absolute atomic E-state index is 0.0326. The molecule has 2 N–H and O–H groups in total. The van der Waals surface area contributed by atoms with Crippen molar-refractivity contribution in [2.24, 2.45) is 0 Å². The molecule has 7 nitrogen and oxygen atoms in total. The van der Waals surface area contributed by atoms with E-state index in [9.17, 15) is 9.59 Å². The van der Waals surface area contributed by atoms with Crippen molar-refractivity contribution >= 4 is 34.6 Å². The van der Waals surface area contributed by atoms with Crippen LogP contribution in [0.5, 0.6) is 5.75 Å². The first kappa shape index (κ1) is 19.2. The van der Waals surface area contributed by atoms with Crippen molar-refractivity contribution in [2.75, 3.05) is 44.5 Å². The molecule has 144 valence electrons. The molecule has 8 heteroatoms. The average Bonchev–Trinajstić information content (AvgIpc) is 3.04. The van der Waals surface area contributed by atoms with Gasteiger partial charge in [-0.1, -0.05) is 0 Å². The lowest BCUT2D eigenvalue weighted by Gasteiger charge is -2.26. The lowest BCUT2D eigenvalue weighted by Crippen LogP contribution is -2.37. The van der Waals surface area contributed by atoms with E-state index >= 15 is 0 Å². The van der Waals surface area contributed by atoms with E-state index in [0.29, 0.717) is 23.7 Å². The van der Waals surface area contributed by atoms with Crippen molar-refractivity contribution in [3.05, 3.63) is 40.1 Å². The number of carbonyl (C=O) groups excluding carboxylic acids is 2. The SMILES string of the molecule is Cc1ccsc1[C@@H](CNC(=O)Nc1ccc2c(c1)N(C)C(=O)CO2)N(C)C. The van der Waals surface area contributed by atoms with Gasteiger partial charge in [-0.15, -0.1) is 11.3 Å². The Hall–Kier alpha value is -2.58. The van der Waals surface area contributed by atoms with Crippen LogP contribution in [0.2, 0.25) is 0 Å². The van der Waals surface area contributed by atoms with E-state index in [-0.39, 0.29) is 24.6 Å². The highest BCUT2D eigenvalue weighted by atomic mass is 32.1. The number of rotatable bonds is 5. The second kappa shape index (κ2) is 7.98. The van der Waals surface area contributed by atoms with Crippen molar-refractivity contribution in [3.63, 3.8) is 0 Å². The van der Waals surface area contributed by atoms with Crippen molar-refractivity contribution in [1.82, 2.24) is 10.2 Å². The summed E-state index contributed by atoms with van der Waals surface area (Å²) in [5, 5.41) is 7.82. The Labute approximate surface area is 162 Å². The Bertz CT molecular complexity index is 849. The lowest BCUT2D eigenvalue weighted by atomic mass is 10.1. The monoisotopic (exact) mass is 388 g/mol. The predicted octanol–water partition coefficient (Wildman–Crippen LogP) is 2.84. The maximum absolute atomic E-state index is 12.4. The van der Waals surface area contributed by atoms with Gasteiger partial charge in [0, 0.05) is 24.2 Å². The average molecular weight is 388 g/mol. The summed E-state index contributed by atoms with van der Waals surface area (Å²) in [6.07, 6.45) is 0. The molecule has 0 spiro atoms. The zero-order chi connectivity index (χ0) is 19.6. The molecule has 27 heavy (non-hydrogen) atoms. The van der Waals surface area contributed by atoms with Crippen LogP contribution in [0.1, 0.15) is 16.5 Å². The van der Waals surface area contributed by atoms with E-state index < -0.39 is 0 Å². The van der Waals surface area contributed by atoms with Crippen LogP contribution in [0.15, 0.2) is 29.6 Å². The van der Waals surface area contributed by atoms with Crippen molar-refractivity contribution in [3.8, 4) is 5.75 Å². The summed E-state index contributed by atoms with van der Waals surface area (Å²) in [6.45, 7) is 2.60. The van der Waals surface area contributed by atoms with Gasteiger partial charge in [0.1, 0.15) is 5.75 Å². The molecule has 0 bridgehead atoms. The second-order valence-electron chi connectivity index (χ2n) is 6.71. The minimum atomic E-state index is -0.290. The summed E-state index contributed by atoms with van der Waals surface area (Å²) < 4.78 is 5.40. The standard InChI is InChI=1S/C19H24N4O3S/c1-12-7-8-27-18(12)15(22(2)3)10-20-19(25)21-13-5-6-16-14(9-13)23(4)17(24)11-26-16/h5-9,15H,10-11H2,1-4H3,(H2,20,21,25)/t15-/m1/s1. The van der Waals surface area contributed by atoms with Crippen LogP contribution in [0.4, 0.5) is 16.2 Å². The Morgan fingerprint density at radius 1 is 1.37 bits per heavy atom. The Balaban J connectivity index is 1.64. The molecule has 0 radical (unpaired) electrons. The van der Waals surface area contributed by atoms with Crippen LogP contribution < -0.4 is 20.3 Å². The highest BCUT2D eigenvalue weighted by Crippen LogP contribution is 2.33. The number of nitrogens with zero attached hydrogens (tertiary/aromatic N) is 2. The Kier molecular flexibility index (Phi) is 5.67. The van der Waals surface area contributed by atoms with Crippen LogP contribution in [-0.4, -0.2) is 51.1 Å². The van der Waals surface area contributed by atoms with Gasteiger partial charge in [0.25, 0.3) is 5.91 Å². The second-order valence-corrected chi connectivity index (χ2v) is 7.65. The van der Waals surface area contributed by atoms with Gasteiger partial charge in [-0.05, 0) is 56.2 Å². The number of anilines is 2. The first-order valence-corrected chi connectivity index (χ1v) is 9.53. The maximum Gasteiger partial charge on any atom is 0.319 e. The molecule has 0 unspecified atom stereocenters. The summed E-state index contributed by atoms with van der Waals surface area (Å²) >= 11 is 1.69. The zero-order valence-corrected chi connectivity index (χ0v) is 16.7. The largest absolute Gasteiger partial charge is 0.482 e. The summed E-state index contributed by atoms with van der Waals surface area (Å²) in [5.74, 6) is 0.508. The number of benzene rings is 1. The number of thiophene rings is 1. The highest BCUT2D eigenvalue weighted by Gasteiger charge is 2.23. The molecule has 1 aliphatic rings. The number of nitrogens with one attached hydrogen (secondary N) is 2. The number of aryl methyl sites for hydroxylation is 1. The van der Waals surface area contributed by atoms with Crippen molar-refractivity contribution in [1.29, 1.82) is 0 Å². The van der Waals surface area contributed by atoms with Crippen LogP contribution >= 0.6 is 11.3 Å². The number of amides is 3. The lowest BCUT2D eigenvalue weighted by molar-refractivity contribution is -0.120. The van der Waals surface area contributed by atoms with E-state index in [1.165, 1.54) is 15.3 Å². The molecule has 1 aromatic heterocycles. The van der Waals surface area contributed by atoms with Crippen LogP contribution in [0.25, 0.3) is 0 Å². The van der Waals surface area contributed by atoms with E-state index in [1.54, 1.807) is 36.6 Å². The van der Waals surface area contributed by atoms with Gasteiger partial charge in [-0.2, -0.15) is 0 Å². The normalized spacial score (nSPS) is 14.6. The molecule has 3 amide bonds. The van der Waals surface area contributed by atoms with Gasteiger partial charge >= 0.3 is 6.03 Å². The van der Waals surface area contributed by atoms with Gasteiger partial charge in [0.15, 0.2) is 6.61 Å². The van der Waals surface area contributed by atoms with E-state index in [1.807, 2.05) is 14.1 Å². The number of carbonyl (C=O) groups is 2. The van der Waals surface area contributed by atoms with Crippen LogP contribution in [0.3, 0.4) is 0 Å². The molecule has 0 saturated heterocycles. The van der Waals surface area contributed by atoms with Gasteiger partial charge in [-0.25, -0.2) is 4.79 Å². The number of fused-ring (bicyclic) bond motifs is 1. The number of hydrogen-bond acceptors (Lipinski definition) is 5. The predicted molar refractivity (Wildman–Crippen MR) is 108 cm³/mol. The molecular formula is C19H24N4O3S. The van der Waals surface area contributed by atoms with E-state index in [0.717, 1.165) is 0 Å². The quantitative estimate of drug-likeness (QED) is 0.826. The molecular weight excluding hydrogens is 364 g/mol. The van der Waals surface area contributed by atoms with Gasteiger partial charge in [-0.3, -0.25) is 4.79 Å². The number of urea groups is 1. The van der Waals surface area contributed by atoms with Gasteiger partial charge in [0.2, 0.25) is 0 Å². The fraction of sp³-hybridized carbons (Fsp3) is 0.368. The first-order chi connectivity index (χ1) is 12.9. The van der Waals surface area contributed by atoms with E-state index in [2.05, 4.69) is 33.9 Å². The smallest absolute Gasteiger partial charge is 0.319 e. The zero-order valence-electron chi connectivity index (χ0n) is 15.9. The minimum Gasteiger partial charge on any atom is -0.482 e. The summed E-state index contributed by atoms with van der Waals surface area (Å²) in [6, 6.07) is 7.15. The third-order valence-electron chi connectivity index (χ3n) is 4.59. The molecule has 2 aromatic rings. The summed E-state index contributed by atoms with van der Waals surface area (Å²) in [5.41, 5.74) is 2.47. The number of hydrogen-bond donors (Lipinski definition) is 2. The van der Waals surface area contributed by atoms with Crippen molar-refractivity contribution < 1.29 is 14.3 Å². The molecule has 3 rings (SSSR count). The van der Waals surface area contributed by atoms with Crippen molar-refractivity contribution in [2.45, 2.75) is 13.0 Å². The maximum atomic E-state index is 12.4.